The standard InChI is InChI=1S/C16H23N3/c1-17-14-6-3-12(4-7-14)9-13-5-8-16-15(10-13)18-11-19(16)2/h5,8,10-12,14,17H,3-4,6-7,9H2,1-2H3. The lowest BCUT2D eigenvalue weighted by atomic mass is 9.82. The minimum Gasteiger partial charge on any atom is -0.334 e. The van der Waals surface area contributed by atoms with E-state index in [-0.39, 0.29) is 0 Å². The number of nitrogens with zero attached hydrogens (tertiary/aromatic N) is 2. The molecule has 0 unspecified atom stereocenters. The largest absolute Gasteiger partial charge is 0.334 e. The van der Waals surface area contributed by atoms with Crippen LogP contribution >= 0.6 is 0 Å². The molecule has 0 saturated heterocycles. The Morgan fingerprint density at radius 2 is 2.05 bits per heavy atom. The van der Waals surface area contributed by atoms with Gasteiger partial charge in [0, 0.05) is 13.1 Å². The number of nitrogens with one attached hydrogen (secondary N) is 1. The Morgan fingerprint density at radius 3 is 2.79 bits per heavy atom. The van der Waals surface area contributed by atoms with E-state index in [1.165, 1.54) is 43.2 Å². The van der Waals surface area contributed by atoms with Crippen LogP contribution in [0.3, 0.4) is 0 Å². The average Bonchev–Trinajstić information content (AvgIpc) is 2.81. The van der Waals surface area contributed by atoms with E-state index in [0.717, 1.165) is 17.5 Å². The molecule has 3 heteroatoms. The summed E-state index contributed by atoms with van der Waals surface area (Å²) in [6.07, 6.45) is 8.47. The van der Waals surface area contributed by atoms with Crippen LogP contribution in [0, 0.1) is 5.92 Å². The molecule has 0 amide bonds. The number of aryl methyl sites for hydroxylation is 1. The minimum atomic E-state index is 0.745. The molecule has 1 aliphatic rings. The molecule has 1 aromatic heterocycles. The maximum absolute atomic E-state index is 4.45. The Balaban J connectivity index is 1.68. The van der Waals surface area contributed by atoms with Gasteiger partial charge in [-0.25, -0.2) is 4.98 Å². The van der Waals surface area contributed by atoms with Gasteiger partial charge in [-0.2, -0.15) is 0 Å². The second kappa shape index (κ2) is 5.33. The highest BCUT2D eigenvalue weighted by molar-refractivity contribution is 5.75. The molecule has 2 aromatic rings. The predicted octanol–water partition coefficient (Wildman–Crippen LogP) is 2.89. The lowest BCUT2D eigenvalue weighted by Gasteiger charge is -2.28. The van der Waals surface area contributed by atoms with E-state index in [2.05, 4.69) is 40.1 Å². The van der Waals surface area contributed by atoms with Gasteiger partial charge in [0.25, 0.3) is 0 Å². The van der Waals surface area contributed by atoms with Gasteiger partial charge in [0.15, 0.2) is 0 Å². The normalized spacial score (nSPS) is 23.9. The molecule has 3 nitrogen and oxygen atoms in total. The van der Waals surface area contributed by atoms with Crippen molar-refractivity contribution >= 4 is 11.0 Å². The third-order valence-electron chi connectivity index (χ3n) is 4.57. The molecule has 1 heterocycles. The van der Waals surface area contributed by atoms with Crippen molar-refractivity contribution in [2.45, 2.75) is 38.1 Å². The van der Waals surface area contributed by atoms with Gasteiger partial charge in [-0.3, -0.25) is 0 Å². The van der Waals surface area contributed by atoms with Crippen LogP contribution in [0.5, 0.6) is 0 Å². The van der Waals surface area contributed by atoms with Crippen molar-refractivity contribution in [3.05, 3.63) is 30.1 Å². The smallest absolute Gasteiger partial charge is 0.0955 e. The fourth-order valence-electron chi connectivity index (χ4n) is 3.30. The van der Waals surface area contributed by atoms with Crippen LogP contribution < -0.4 is 5.32 Å². The second-order valence-corrected chi connectivity index (χ2v) is 5.89. The van der Waals surface area contributed by atoms with Gasteiger partial charge in [0.2, 0.25) is 0 Å². The van der Waals surface area contributed by atoms with Crippen molar-refractivity contribution in [1.82, 2.24) is 14.9 Å². The summed E-state index contributed by atoms with van der Waals surface area (Å²) < 4.78 is 2.08. The number of fused-ring (bicyclic) bond motifs is 1. The van der Waals surface area contributed by atoms with E-state index in [1.54, 1.807) is 0 Å². The van der Waals surface area contributed by atoms with Crippen LogP contribution in [0.25, 0.3) is 11.0 Å². The summed E-state index contributed by atoms with van der Waals surface area (Å²) in [6, 6.07) is 7.49. The van der Waals surface area contributed by atoms with Crippen molar-refractivity contribution < 1.29 is 0 Å². The first kappa shape index (κ1) is 12.7. The molecule has 102 valence electrons. The van der Waals surface area contributed by atoms with Gasteiger partial charge in [-0.05, 0) is 62.8 Å². The Labute approximate surface area is 115 Å². The lowest BCUT2D eigenvalue weighted by Crippen LogP contribution is -2.30. The average molecular weight is 257 g/mol. The first-order valence-electron chi connectivity index (χ1n) is 7.33. The molecule has 0 spiro atoms. The molecular weight excluding hydrogens is 234 g/mol. The highest BCUT2D eigenvalue weighted by Gasteiger charge is 2.20. The fraction of sp³-hybridized carbons (Fsp3) is 0.562. The maximum atomic E-state index is 4.45. The highest BCUT2D eigenvalue weighted by atomic mass is 15.0. The monoisotopic (exact) mass is 257 g/mol. The number of hydrogen-bond acceptors (Lipinski definition) is 2. The molecule has 1 aliphatic carbocycles. The van der Waals surface area contributed by atoms with Gasteiger partial charge >= 0.3 is 0 Å². The number of rotatable bonds is 3. The molecule has 1 fully saturated rings. The third-order valence-corrected chi connectivity index (χ3v) is 4.57. The molecule has 1 aromatic carbocycles. The molecule has 1 N–H and O–H groups in total. The second-order valence-electron chi connectivity index (χ2n) is 5.89. The van der Waals surface area contributed by atoms with Crippen LogP contribution in [0.1, 0.15) is 31.2 Å². The first-order valence-corrected chi connectivity index (χ1v) is 7.33. The molecule has 19 heavy (non-hydrogen) atoms. The summed E-state index contributed by atoms with van der Waals surface area (Å²) in [4.78, 5) is 4.45. The maximum Gasteiger partial charge on any atom is 0.0955 e. The quantitative estimate of drug-likeness (QED) is 0.916. The Morgan fingerprint density at radius 1 is 1.26 bits per heavy atom. The van der Waals surface area contributed by atoms with E-state index >= 15 is 0 Å². The fourth-order valence-corrected chi connectivity index (χ4v) is 3.30. The topological polar surface area (TPSA) is 29.9 Å². The molecule has 0 atom stereocenters. The Hall–Kier alpha value is -1.35. The number of imidazole rings is 1. The minimum absolute atomic E-state index is 0.745. The van der Waals surface area contributed by atoms with Crippen LogP contribution in [0.4, 0.5) is 0 Å². The van der Waals surface area contributed by atoms with Crippen molar-refractivity contribution in [1.29, 1.82) is 0 Å². The molecule has 0 radical (unpaired) electrons. The SMILES string of the molecule is CNC1CCC(Cc2ccc3c(c2)ncn3C)CC1. The van der Waals surface area contributed by atoms with E-state index in [9.17, 15) is 0 Å². The molecule has 3 rings (SSSR count). The van der Waals surface area contributed by atoms with Crippen molar-refractivity contribution in [3.63, 3.8) is 0 Å². The van der Waals surface area contributed by atoms with Crippen LogP contribution in [0.15, 0.2) is 24.5 Å². The van der Waals surface area contributed by atoms with Crippen molar-refractivity contribution in [3.8, 4) is 0 Å². The van der Waals surface area contributed by atoms with Gasteiger partial charge in [0.05, 0.1) is 17.4 Å². The van der Waals surface area contributed by atoms with E-state index in [4.69, 9.17) is 0 Å². The number of hydrogen-bond donors (Lipinski definition) is 1. The summed E-state index contributed by atoms with van der Waals surface area (Å²) in [5.74, 6) is 0.853. The molecule has 0 bridgehead atoms. The number of benzene rings is 1. The zero-order valence-electron chi connectivity index (χ0n) is 11.9. The zero-order valence-corrected chi connectivity index (χ0v) is 11.9. The predicted molar refractivity (Wildman–Crippen MR) is 79.2 cm³/mol. The summed E-state index contributed by atoms with van der Waals surface area (Å²) in [5.41, 5.74) is 3.80. The van der Waals surface area contributed by atoms with Crippen LogP contribution in [-0.2, 0) is 13.5 Å². The highest BCUT2D eigenvalue weighted by Crippen LogP contribution is 2.28. The third kappa shape index (κ3) is 2.66. The lowest BCUT2D eigenvalue weighted by molar-refractivity contribution is 0.300. The van der Waals surface area contributed by atoms with E-state index < -0.39 is 0 Å². The molecule has 1 saturated carbocycles. The van der Waals surface area contributed by atoms with Gasteiger partial charge in [-0.15, -0.1) is 0 Å². The summed E-state index contributed by atoms with van der Waals surface area (Å²) >= 11 is 0. The van der Waals surface area contributed by atoms with Crippen molar-refractivity contribution in [2.24, 2.45) is 13.0 Å². The summed E-state index contributed by atoms with van der Waals surface area (Å²) in [6.45, 7) is 0. The van der Waals surface area contributed by atoms with Gasteiger partial charge < -0.3 is 9.88 Å². The van der Waals surface area contributed by atoms with Gasteiger partial charge in [-0.1, -0.05) is 6.07 Å². The van der Waals surface area contributed by atoms with Crippen molar-refractivity contribution in [2.75, 3.05) is 7.05 Å². The zero-order chi connectivity index (χ0) is 13.2. The summed E-state index contributed by atoms with van der Waals surface area (Å²) in [7, 11) is 4.13. The van der Waals surface area contributed by atoms with Crippen LogP contribution in [-0.4, -0.2) is 22.6 Å². The van der Waals surface area contributed by atoms with E-state index in [1.807, 2.05) is 13.4 Å². The summed E-state index contributed by atoms with van der Waals surface area (Å²) in [5, 5.41) is 3.40. The number of aromatic nitrogens is 2. The Kier molecular flexibility index (Phi) is 3.56. The van der Waals surface area contributed by atoms with Gasteiger partial charge in [0.1, 0.15) is 0 Å². The van der Waals surface area contributed by atoms with E-state index in [0.29, 0.717) is 0 Å². The van der Waals surface area contributed by atoms with Crippen LogP contribution in [0.2, 0.25) is 0 Å². The first-order chi connectivity index (χ1) is 9.26. The Bertz CT molecular complexity index is 550. The molecular formula is C16H23N3. The molecule has 0 aliphatic heterocycles.